The van der Waals surface area contributed by atoms with Gasteiger partial charge in [0, 0.05) is 25.3 Å². The number of aliphatic carboxylic acids is 1. The number of carboxylic acid groups (broad SMARTS) is 1. The number of ether oxygens (including phenoxy) is 1. The second-order valence-corrected chi connectivity index (χ2v) is 6.26. The Hall–Kier alpha value is -2.09. The van der Waals surface area contributed by atoms with E-state index < -0.39 is 29.0 Å². The molecule has 1 aromatic rings. The minimum atomic E-state index is -4.54. The Morgan fingerprint density at radius 1 is 1.33 bits per heavy atom. The van der Waals surface area contributed by atoms with E-state index in [1.165, 1.54) is 17.0 Å². The molecular formula is C16H16F3NO4. The normalized spacial score (nSPS) is 27.0. The fraction of sp³-hybridized carbons (Fsp3) is 0.500. The molecule has 2 fully saturated rings. The topological polar surface area (TPSA) is 66.8 Å². The van der Waals surface area contributed by atoms with Gasteiger partial charge >= 0.3 is 12.1 Å². The van der Waals surface area contributed by atoms with Crippen LogP contribution >= 0.6 is 0 Å². The molecule has 24 heavy (non-hydrogen) atoms. The van der Waals surface area contributed by atoms with Crippen LogP contribution in [0.25, 0.3) is 0 Å². The summed E-state index contributed by atoms with van der Waals surface area (Å²) in [4.78, 5) is 25.6. The summed E-state index contributed by atoms with van der Waals surface area (Å²) in [5, 5.41) is 9.55. The first-order valence-corrected chi connectivity index (χ1v) is 7.52. The number of likely N-dealkylation sites (tertiary alicyclic amines) is 1. The molecule has 1 amide bonds. The molecular weight excluding hydrogens is 327 g/mol. The van der Waals surface area contributed by atoms with E-state index in [0.29, 0.717) is 13.0 Å². The molecule has 2 aliphatic heterocycles. The first kappa shape index (κ1) is 16.8. The molecule has 0 saturated carbocycles. The smallest absolute Gasteiger partial charge is 0.416 e. The predicted molar refractivity (Wildman–Crippen MR) is 76.3 cm³/mol. The monoisotopic (exact) mass is 343 g/mol. The van der Waals surface area contributed by atoms with E-state index in [4.69, 9.17) is 4.74 Å². The molecule has 2 heterocycles. The van der Waals surface area contributed by atoms with Gasteiger partial charge in [-0.3, -0.25) is 9.59 Å². The molecule has 0 unspecified atom stereocenters. The largest absolute Gasteiger partial charge is 0.481 e. The van der Waals surface area contributed by atoms with Crippen LogP contribution in [0.4, 0.5) is 13.2 Å². The molecule has 2 atom stereocenters. The molecule has 3 rings (SSSR count). The number of benzene rings is 1. The van der Waals surface area contributed by atoms with E-state index in [1.54, 1.807) is 0 Å². The molecule has 0 aliphatic carbocycles. The lowest BCUT2D eigenvalue weighted by Crippen LogP contribution is -2.46. The molecule has 130 valence electrons. The van der Waals surface area contributed by atoms with Gasteiger partial charge in [-0.1, -0.05) is 6.07 Å². The summed E-state index contributed by atoms with van der Waals surface area (Å²) in [6.45, 7) is 0.595. The summed E-state index contributed by atoms with van der Waals surface area (Å²) in [5.74, 6) is -1.87. The minimum absolute atomic E-state index is 0.0133. The van der Waals surface area contributed by atoms with Crippen molar-refractivity contribution in [1.29, 1.82) is 0 Å². The van der Waals surface area contributed by atoms with Gasteiger partial charge in [0.2, 0.25) is 0 Å². The number of halogens is 3. The first-order chi connectivity index (χ1) is 11.2. The van der Waals surface area contributed by atoms with Crippen LogP contribution in [0.3, 0.4) is 0 Å². The Balaban J connectivity index is 1.85. The lowest BCUT2D eigenvalue weighted by atomic mass is 9.76. The second kappa shape index (κ2) is 5.77. The Morgan fingerprint density at radius 2 is 2.08 bits per heavy atom. The van der Waals surface area contributed by atoms with Crippen molar-refractivity contribution in [2.24, 2.45) is 11.3 Å². The van der Waals surface area contributed by atoms with Crippen molar-refractivity contribution in [2.75, 3.05) is 26.3 Å². The average Bonchev–Trinajstić information content (AvgIpc) is 2.94. The SMILES string of the molecule is O=C(c1cccc(C(F)(F)F)c1)N1C[C@@H]2CCOC[C@]2(C(=O)O)C1. The first-order valence-electron chi connectivity index (χ1n) is 7.52. The Labute approximate surface area is 136 Å². The van der Waals surface area contributed by atoms with Crippen molar-refractivity contribution in [3.8, 4) is 0 Å². The van der Waals surface area contributed by atoms with Gasteiger partial charge in [-0.25, -0.2) is 0 Å². The third-order valence-electron chi connectivity index (χ3n) is 4.82. The number of hydrogen-bond acceptors (Lipinski definition) is 3. The van der Waals surface area contributed by atoms with E-state index in [2.05, 4.69) is 0 Å². The quantitative estimate of drug-likeness (QED) is 0.895. The highest BCUT2D eigenvalue weighted by molar-refractivity contribution is 5.95. The number of rotatable bonds is 2. The van der Waals surface area contributed by atoms with E-state index in [0.717, 1.165) is 12.1 Å². The number of fused-ring (bicyclic) bond motifs is 1. The standard InChI is InChI=1S/C16H16F3NO4/c17-16(18,19)11-3-1-2-10(6-11)13(21)20-7-12-4-5-24-9-15(12,8-20)14(22)23/h1-3,6,12H,4-5,7-9H2,(H,22,23)/t12-,15+/m0/s1. The molecule has 0 bridgehead atoms. The third kappa shape index (κ3) is 2.75. The zero-order valence-corrected chi connectivity index (χ0v) is 12.7. The number of carbonyl (C=O) groups is 2. The van der Waals surface area contributed by atoms with Gasteiger partial charge in [-0.2, -0.15) is 13.2 Å². The molecule has 0 radical (unpaired) electrons. The fourth-order valence-corrected chi connectivity index (χ4v) is 3.46. The maximum absolute atomic E-state index is 12.8. The van der Waals surface area contributed by atoms with E-state index in [9.17, 15) is 27.9 Å². The molecule has 2 aliphatic rings. The average molecular weight is 343 g/mol. The van der Waals surface area contributed by atoms with Crippen molar-refractivity contribution < 1.29 is 32.6 Å². The van der Waals surface area contributed by atoms with Gasteiger partial charge < -0.3 is 14.7 Å². The van der Waals surface area contributed by atoms with Crippen LogP contribution in [0.5, 0.6) is 0 Å². The molecule has 1 N–H and O–H groups in total. The van der Waals surface area contributed by atoms with Crippen LogP contribution in [0.1, 0.15) is 22.3 Å². The third-order valence-corrected chi connectivity index (χ3v) is 4.82. The summed E-state index contributed by atoms with van der Waals surface area (Å²) >= 11 is 0. The van der Waals surface area contributed by atoms with Crippen molar-refractivity contribution in [3.05, 3.63) is 35.4 Å². The Kier molecular flexibility index (Phi) is 4.03. The van der Waals surface area contributed by atoms with Crippen molar-refractivity contribution in [1.82, 2.24) is 4.90 Å². The molecule has 1 aromatic carbocycles. The molecule has 2 saturated heterocycles. The number of hydrogen-bond donors (Lipinski definition) is 1. The maximum atomic E-state index is 12.8. The highest BCUT2D eigenvalue weighted by atomic mass is 19.4. The number of amides is 1. The number of nitrogens with zero attached hydrogens (tertiary/aromatic N) is 1. The van der Waals surface area contributed by atoms with Gasteiger partial charge in [-0.15, -0.1) is 0 Å². The van der Waals surface area contributed by atoms with Crippen LogP contribution < -0.4 is 0 Å². The lowest BCUT2D eigenvalue weighted by molar-refractivity contribution is -0.159. The van der Waals surface area contributed by atoms with Gasteiger partial charge in [0.25, 0.3) is 5.91 Å². The van der Waals surface area contributed by atoms with E-state index in [-0.39, 0.29) is 31.2 Å². The lowest BCUT2D eigenvalue weighted by Gasteiger charge is -2.33. The van der Waals surface area contributed by atoms with Crippen LogP contribution in [-0.4, -0.2) is 48.2 Å². The number of alkyl halides is 3. The zero-order chi connectivity index (χ0) is 17.5. The fourth-order valence-electron chi connectivity index (χ4n) is 3.46. The zero-order valence-electron chi connectivity index (χ0n) is 12.7. The van der Waals surface area contributed by atoms with Crippen LogP contribution in [0, 0.1) is 11.3 Å². The van der Waals surface area contributed by atoms with Gasteiger partial charge in [0.15, 0.2) is 0 Å². The molecule has 0 aromatic heterocycles. The van der Waals surface area contributed by atoms with Crippen LogP contribution in [-0.2, 0) is 15.7 Å². The second-order valence-electron chi connectivity index (χ2n) is 6.26. The summed E-state index contributed by atoms with van der Waals surface area (Å²) in [7, 11) is 0. The number of carboxylic acids is 1. The van der Waals surface area contributed by atoms with Gasteiger partial charge in [0.05, 0.1) is 12.2 Å². The predicted octanol–water partition coefficient (Wildman–Crippen LogP) is 2.27. The van der Waals surface area contributed by atoms with Crippen LogP contribution in [0.2, 0.25) is 0 Å². The summed E-state index contributed by atoms with van der Waals surface area (Å²) < 4.78 is 43.7. The summed E-state index contributed by atoms with van der Waals surface area (Å²) in [6.07, 6.45) is -4.02. The van der Waals surface area contributed by atoms with Crippen LogP contribution in [0.15, 0.2) is 24.3 Å². The Morgan fingerprint density at radius 3 is 2.71 bits per heavy atom. The van der Waals surface area contributed by atoms with Crippen molar-refractivity contribution >= 4 is 11.9 Å². The summed E-state index contributed by atoms with van der Waals surface area (Å²) in [6, 6.07) is 4.18. The minimum Gasteiger partial charge on any atom is -0.481 e. The van der Waals surface area contributed by atoms with Gasteiger partial charge in [0.1, 0.15) is 5.41 Å². The summed E-state index contributed by atoms with van der Waals surface area (Å²) in [5.41, 5.74) is -2.17. The van der Waals surface area contributed by atoms with E-state index >= 15 is 0 Å². The number of carbonyl (C=O) groups excluding carboxylic acids is 1. The highest BCUT2D eigenvalue weighted by Crippen LogP contribution is 2.42. The molecule has 8 heteroatoms. The van der Waals surface area contributed by atoms with Crippen molar-refractivity contribution in [3.63, 3.8) is 0 Å². The maximum Gasteiger partial charge on any atom is 0.416 e. The van der Waals surface area contributed by atoms with Crippen molar-refractivity contribution in [2.45, 2.75) is 12.6 Å². The van der Waals surface area contributed by atoms with E-state index in [1.807, 2.05) is 0 Å². The Bertz CT molecular complexity index is 676. The molecule has 5 nitrogen and oxygen atoms in total. The molecule has 0 spiro atoms. The van der Waals surface area contributed by atoms with Gasteiger partial charge in [-0.05, 0) is 30.5 Å². The highest BCUT2D eigenvalue weighted by Gasteiger charge is 2.55.